The normalized spacial score (nSPS) is 14.1. The Labute approximate surface area is 149 Å². The molecule has 9 heteroatoms. The van der Waals surface area contributed by atoms with Gasteiger partial charge in [0, 0.05) is 6.42 Å². The van der Waals surface area contributed by atoms with E-state index in [1.807, 2.05) is 0 Å². The van der Waals surface area contributed by atoms with Crippen LogP contribution in [0.15, 0.2) is 0 Å². The number of rotatable bonds is 7. The summed E-state index contributed by atoms with van der Waals surface area (Å²) in [7, 11) is -3.98. The minimum Gasteiger partial charge on any atom is -0.459 e. The highest BCUT2D eigenvalue weighted by atomic mass is 32.2. The van der Waals surface area contributed by atoms with Crippen LogP contribution >= 0.6 is 0 Å². The first kappa shape index (κ1) is 23.5. The third-order valence-corrected chi connectivity index (χ3v) is 3.87. The molecule has 0 aromatic rings. The Kier molecular flexibility index (Phi) is 7.78. The molecule has 146 valence electrons. The number of carbonyl (C=O) groups excluding carboxylic acids is 3. The molecule has 8 nitrogen and oxygen atoms in total. The van der Waals surface area contributed by atoms with Crippen LogP contribution in [0.4, 0.5) is 0 Å². The van der Waals surface area contributed by atoms with E-state index in [4.69, 9.17) is 9.47 Å². The SMILES string of the molecule is CC(=O)C[C@@H](C(=O)OC(C)(C)C)N(CC(=O)OC(C)(C)C)S(C)(=O)=O. The van der Waals surface area contributed by atoms with Crippen molar-refractivity contribution >= 4 is 27.7 Å². The highest BCUT2D eigenvalue weighted by Gasteiger charge is 2.38. The van der Waals surface area contributed by atoms with E-state index in [-0.39, 0.29) is 0 Å². The number of sulfonamides is 1. The summed E-state index contributed by atoms with van der Waals surface area (Å²) in [5, 5.41) is 0. The largest absolute Gasteiger partial charge is 0.459 e. The smallest absolute Gasteiger partial charge is 0.325 e. The first-order valence-corrected chi connectivity index (χ1v) is 9.68. The molecule has 0 aliphatic heterocycles. The third-order valence-electron chi connectivity index (χ3n) is 2.64. The summed E-state index contributed by atoms with van der Waals surface area (Å²) >= 11 is 0. The van der Waals surface area contributed by atoms with Crippen LogP contribution in [0, 0.1) is 0 Å². The Hall–Kier alpha value is -1.48. The molecular weight excluding hydrogens is 350 g/mol. The second kappa shape index (κ2) is 8.27. The summed E-state index contributed by atoms with van der Waals surface area (Å²) in [6.07, 6.45) is 0.458. The van der Waals surface area contributed by atoms with E-state index in [1.165, 1.54) is 6.92 Å². The van der Waals surface area contributed by atoms with Crippen molar-refractivity contribution in [2.45, 2.75) is 72.1 Å². The molecule has 0 bridgehead atoms. The number of Topliss-reactive ketones (excluding diaryl/α,β-unsaturated/α-hetero) is 1. The summed E-state index contributed by atoms with van der Waals surface area (Å²) in [4.78, 5) is 36.0. The van der Waals surface area contributed by atoms with Crippen LogP contribution in [0.5, 0.6) is 0 Å². The standard InChI is InChI=1S/C16H29NO7S/c1-11(18)9-12(14(20)24-16(5,6)7)17(25(8,21)22)10-13(19)23-15(2,3)4/h12H,9-10H2,1-8H3/t12-/m0/s1. The van der Waals surface area contributed by atoms with Crippen LogP contribution in [0.3, 0.4) is 0 Å². The summed E-state index contributed by atoms with van der Waals surface area (Å²) in [6.45, 7) is 10.3. The summed E-state index contributed by atoms with van der Waals surface area (Å²) < 4.78 is 35.2. The molecule has 0 fully saturated rings. The van der Waals surface area contributed by atoms with E-state index >= 15 is 0 Å². The van der Waals surface area contributed by atoms with E-state index in [9.17, 15) is 22.8 Å². The molecule has 0 N–H and O–H groups in total. The number of ether oxygens (including phenoxy) is 2. The van der Waals surface area contributed by atoms with Gasteiger partial charge in [-0.05, 0) is 48.5 Å². The van der Waals surface area contributed by atoms with Crippen molar-refractivity contribution in [2.75, 3.05) is 12.8 Å². The number of hydrogen-bond acceptors (Lipinski definition) is 7. The van der Waals surface area contributed by atoms with Gasteiger partial charge in [-0.25, -0.2) is 8.42 Å². The summed E-state index contributed by atoms with van der Waals surface area (Å²) in [5.74, 6) is -2.12. The molecule has 0 saturated heterocycles. The second-order valence-electron chi connectivity index (χ2n) is 7.85. The summed E-state index contributed by atoms with van der Waals surface area (Å²) in [5.41, 5.74) is -1.69. The lowest BCUT2D eigenvalue weighted by Crippen LogP contribution is -2.50. The maximum Gasteiger partial charge on any atom is 0.325 e. The lowest BCUT2D eigenvalue weighted by molar-refractivity contribution is -0.162. The maximum atomic E-state index is 12.4. The lowest BCUT2D eigenvalue weighted by atomic mass is 10.1. The minimum absolute atomic E-state index is 0.398. The predicted molar refractivity (Wildman–Crippen MR) is 92.3 cm³/mol. The number of hydrogen-bond donors (Lipinski definition) is 0. The van der Waals surface area contributed by atoms with E-state index in [0.29, 0.717) is 4.31 Å². The van der Waals surface area contributed by atoms with E-state index < -0.39 is 58.0 Å². The van der Waals surface area contributed by atoms with Crippen molar-refractivity contribution in [3.05, 3.63) is 0 Å². The molecule has 0 rings (SSSR count). The molecular formula is C16H29NO7S. The topological polar surface area (TPSA) is 107 Å². The maximum absolute atomic E-state index is 12.4. The molecule has 0 spiro atoms. The fourth-order valence-corrected chi connectivity index (χ4v) is 2.87. The molecule has 0 heterocycles. The molecule has 0 amide bonds. The van der Waals surface area contributed by atoms with E-state index in [0.717, 1.165) is 6.26 Å². The van der Waals surface area contributed by atoms with Crippen LogP contribution < -0.4 is 0 Å². The zero-order valence-corrected chi connectivity index (χ0v) is 17.0. The Bertz CT molecular complexity index is 611. The first-order valence-electron chi connectivity index (χ1n) is 7.83. The second-order valence-corrected chi connectivity index (χ2v) is 9.79. The summed E-state index contributed by atoms with van der Waals surface area (Å²) in [6, 6.07) is -1.43. The molecule has 0 saturated carbocycles. The number of nitrogens with zero attached hydrogens (tertiary/aromatic N) is 1. The average Bonchev–Trinajstić information content (AvgIpc) is 2.27. The Morgan fingerprint density at radius 1 is 0.960 bits per heavy atom. The van der Waals surface area contributed by atoms with Crippen LogP contribution in [0.25, 0.3) is 0 Å². The van der Waals surface area contributed by atoms with Crippen molar-refractivity contribution in [2.24, 2.45) is 0 Å². The highest BCUT2D eigenvalue weighted by Crippen LogP contribution is 2.18. The van der Waals surface area contributed by atoms with Gasteiger partial charge >= 0.3 is 11.9 Å². The molecule has 1 atom stereocenters. The van der Waals surface area contributed by atoms with E-state index in [1.54, 1.807) is 41.5 Å². The van der Waals surface area contributed by atoms with Crippen LogP contribution in [-0.2, 0) is 33.9 Å². The minimum atomic E-state index is -3.98. The van der Waals surface area contributed by atoms with Gasteiger partial charge in [0.15, 0.2) is 0 Å². The first-order chi connectivity index (χ1) is 10.9. The zero-order chi connectivity index (χ0) is 20.2. The molecule has 0 radical (unpaired) electrons. The van der Waals surface area contributed by atoms with Gasteiger partial charge in [-0.15, -0.1) is 0 Å². The Balaban J connectivity index is 5.69. The van der Waals surface area contributed by atoms with E-state index in [2.05, 4.69) is 0 Å². The molecule has 0 aliphatic carbocycles. The van der Waals surface area contributed by atoms with Gasteiger partial charge < -0.3 is 9.47 Å². The fraction of sp³-hybridized carbons (Fsp3) is 0.812. The van der Waals surface area contributed by atoms with Crippen molar-refractivity contribution in [1.82, 2.24) is 4.31 Å². The number of esters is 2. The van der Waals surface area contributed by atoms with Crippen LogP contribution in [0.2, 0.25) is 0 Å². The fourth-order valence-electron chi connectivity index (χ4n) is 1.90. The Morgan fingerprint density at radius 3 is 1.72 bits per heavy atom. The third kappa shape index (κ3) is 10.2. The van der Waals surface area contributed by atoms with Gasteiger partial charge in [0.25, 0.3) is 0 Å². The number of ketones is 1. The lowest BCUT2D eigenvalue weighted by Gasteiger charge is -2.30. The van der Waals surface area contributed by atoms with Crippen molar-refractivity contribution < 1.29 is 32.3 Å². The van der Waals surface area contributed by atoms with Crippen LogP contribution in [-0.4, -0.2) is 60.5 Å². The average molecular weight is 379 g/mol. The van der Waals surface area contributed by atoms with Crippen molar-refractivity contribution in [3.8, 4) is 0 Å². The molecule has 0 aliphatic rings. The predicted octanol–water partition coefficient (Wildman–Crippen LogP) is 1.28. The van der Waals surface area contributed by atoms with Gasteiger partial charge in [0.2, 0.25) is 10.0 Å². The van der Waals surface area contributed by atoms with Gasteiger partial charge in [-0.2, -0.15) is 4.31 Å². The highest BCUT2D eigenvalue weighted by molar-refractivity contribution is 7.88. The quantitative estimate of drug-likeness (QED) is 0.613. The zero-order valence-electron chi connectivity index (χ0n) is 16.2. The van der Waals surface area contributed by atoms with Crippen molar-refractivity contribution in [3.63, 3.8) is 0 Å². The molecule has 0 unspecified atom stereocenters. The molecule has 0 aromatic carbocycles. The molecule has 25 heavy (non-hydrogen) atoms. The van der Waals surface area contributed by atoms with Crippen LogP contribution in [0.1, 0.15) is 54.9 Å². The van der Waals surface area contributed by atoms with Gasteiger partial charge in [0.05, 0.1) is 6.26 Å². The Morgan fingerprint density at radius 2 is 1.40 bits per heavy atom. The van der Waals surface area contributed by atoms with Crippen molar-refractivity contribution in [1.29, 1.82) is 0 Å². The van der Waals surface area contributed by atoms with Gasteiger partial charge in [-0.3, -0.25) is 14.4 Å². The molecule has 0 aromatic heterocycles. The monoisotopic (exact) mass is 379 g/mol. The van der Waals surface area contributed by atoms with Gasteiger partial charge in [0.1, 0.15) is 29.6 Å². The number of carbonyl (C=O) groups is 3. The van der Waals surface area contributed by atoms with Gasteiger partial charge in [-0.1, -0.05) is 0 Å².